The van der Waals surface area contributed by atoms with Gasteiger partial charge in [0.05, 0.1) is 0 Å². The normalized spacial score (nSPS) is 20.8. The Morgan fingerprint density at radius 2 is 2.22 bits per heavy atom. The Morgan fingerprint density at radius 1 is 1.33 bits per heavy atom. The molecule has 1 atom stereocenters. The third kappa shape index (κ3) is 2.45. The minimum Gasteiger partial charge on any atom is -0.299 e. The zero-order chi connectivity index (χ0) is 12.4. The van der Waals surface area contributed by atoms with Gasteiger partial charge in [0.1, 0.15) is 0 Å². The maximum Gasteiger partial charge on any atom is 0.0346 e. The second-order valence-corrected chi connectivity index (χ2v) is 6.35. The van der Waals surface area contributed by atoms with Gasteiger partial charge in [-0.25, -0.2) is 0 Å². The molecule has 1 aromatic heterocycles. The fraction of sp³-hybridized carbons (Fsp3) is 0.500. The van der Waals surface area contributed by atoms with Crippen LogP contribution in [0.25, 0.3) is 10.1 Å². The van der Waals surface area contributed by atoms with Crippen molar-refractivity contribution in [3.63, 3.8) is 0 Å². The number of likely N-dealkylation sites (tertiary alicyclic amines) is 1. The van der Waals surface area contributed by atoms with Crippen LogP contribution in [0.2, 0.25) is 0 Å². The second-order valence-electron chi connectivity index (χ2n) is 5.44. The quantitative estimate of drug-likeness (QED) is 0.780. The smallest absolute Gasteiger partial charge is 0.0346 e. The van der Waals surface area contributed by atoms with Crippen molar-refractivity contribution in [3.8, 4) is 0 Å². The van der Waals surface area contributed by atoms with E-state index in [9.17, 15) is 0 Å². The van der Waals surface area contributed by atoms with Gasteiger partial charge < -0.3 is 0 Å². The maximum absolute atomic E-state index is 2.63. The lowest BCUT2D eigenvalue weighted by Crippen LogP contribution is -2.19. The van der Waals surface area contributed by atoms with Crippen molar-refractivity contribution >= 4 is 21.4 Å². The summed E-state index contributed by atoms with van der Waals surface area (Å²) in [5.74, 6) is 0.944. The van der Waals surface area contributed by atoms with Crippen LogP contribution in [-0.4, -0.2) is 18.0 Å². The molecule has 1 nitrogen and oxygen atoms in total. The van der Waals surface area contributed by atoms with E-state index < -0.39 is 0 Å². The highest BCUT2D eigenvalue weighted by atomic mass is 32.1. The van der Waals surface area contributed by atoms with Crippen LogP contribution in [0.15, 0.2) is 29.6 Å². The highest BCUT2D eigenvalue weighted by molar-refractivity contribution is 7.17. The van der Waals surface area contributed by atoms with Gasteiger partial charge in [-0.15, -0.1) is 11.3 Å². The molecular weight excluding hydrogens is 238 g/mol. The van der Waals surface area contributed by atoms with Gasteiger partial charge in [0.25, 0.3) is 0 Å². The van der Waals surface area contributed by atoms with Crippen molar-refractivity contribution in [2.24, 2.45) is 5.92 Å². The van der Waals surface area contributed by atoms with Crippen LogP contribution in [-0.2, 0) is 6.54 Å². The molecule has 1 aromatic carbocycles. The van der Waals surface area contributed by atoms with E-state index in [4.69, 9.17) is 0 Å². The fourth-order valence-corrected chi connectivity index (χ4v) is 4.05. The van der Waals surface area contributed by atoms with Crippen LogP contribution in [0.3, 0.4) is 0 Å². The molecule has 1 saturated heterocycles. The van der Waals surface area contributed by atoms with Crippen LogP contribution < -0.4 is 0 Å². The molecule has 1 fully saturated rings. The first kappa shape index (κ1) is 12.2. The molecule has 18 heavy (non-hydrogen) atoms. The van der Waals surface area contributed by atoms with Gasteiger partial charge in [-0.2, -0.15) is 0 Å². The molecular formula is C16H21NS. The van der Waals surface area contributed by atoms with Crippen molar-refractivity contribution < 1.29 is 0 Å². The van der Waals surface area contributed by atoms with Crippen LogP contribution in [0, 0.1) is 5.92 Å². The number of thiophene rings is 1. The Balaban J connectivity index is 1.70. The summed E-state index contributed by atoms with van der Waals surface area (Å²) in [4.78, 5) is 2.63. The molecule has 0 amide bonds. The van der Waals surface area contributed by atoms with E-state index in [1.165, 1.54) is 48.0 Å². The van der Waals surface area contributed by atoms with E-state index in [1.807, 2.05) is 11.3 Å². The molecule has 0 bridgehead atoms. The first-order chi connectivity index (χ1) is 8.86. The van der Waals surface area contributed by atoms with Gasteiger partial charge >= 0.3 is 0 Å². The molecule has 1 aliphatic heterocycles. The van der Waals surface area contributed by atoms with Crippen molar-refractivity contribution in [2.75, 3.05) is 13.1 Å². The van der Waals surface area contributed by atoms with E-state index in [2.05, 4.69) is 41.5 Å². The van der Waals surface area contributed by atoms with Crippen LogP contribution >= 0.6 is 11.3 Å². The summed E-state index contributed by atoms with van der Waals surface area (Å²) in [5.41, 5.74) is 1.52. The number of hydrogen-bond acceptors (Lipinski definition) is 2. The summed E-state index contributed by atoms with van der Waals surface area (Å²) in [5, 5.41) is 3.80. The standard InChI is InChI=1S/C16H21NS/c1-2-5-13-8-9-17(10-13)11-14-12-18-16-7-4-3-6-15(14)16/h3-4,6-7,12-13H,2,5,8-11H2,1H3/t13-/m1/s1. The Kier molecular flexibility index (Phi) is 3.67. The topological polar surface area (TPSA) is 3.24 Å². The van der Waals surface area contributed by atoms with Crippen LogP contribution in [0.4, 0.5) is 0 Å². The van der Waals surface area contributed by atoms with Crippen molar-refractivity contribution in [3.05, 3.63) is 35.2 Å². The average molecular weight is 259 g/mol. The first-order valence-electron chi connectivity index (χ1n) is 7.04. The lowest BCUT2D eigenvalue weighted by Gasteiger charge is -2.15. The molecule has 0 saturated carbocycles. The molecule has 0 radical (unpaired) electrons. The predicted molar refractivity (Wildman–Crippen MR) is 80.1 cm³/mol. The molecule has 0 unspecified atom stereocenters. The minimum absolute atomic E-state index is 0.944. The van der Waals surface area contributed by atoms with Crippen LogP contribution in [0.1, 0.15) is 31.7 Å². The zero-order valence-corrected chi connectivity index (χ0v) is 11.9. The molecule has 2 aromatic rings. The van der Waals surface area contributed by atoms with E-state index in [1.54, 1.807) is 0 Å². The zero-order valence-electron chi connectivity index (χ0n) is 11.1. The van der Waals surface area contributed by atoms with E-state index >= 15 is 0 Å². The Bertz CT molecular complexity index is 517. The lowest BCUT2D eigenvalue weighted by atomic mass is 10.0. The van der Waals surface area contributed by atoms with Gasteiger partial charge in [-0.05, 0) is 47.7 Å². The van der Waals surface area contributed by atoms with E-state index in [0.29, 0.717) is 0 Å². The van der Waals surface area contributed by atoms with Gasteiger partial charge in [-0.1, -0.05) is 31.5 Å². The van der Waals surface area contributed by atoms with Crippen molar-refractivity contribution in [1.29, 1.82) is 0 Å². The highest BCUT2D eigenvalue weighted by Crippen LogP contribution is 2.29. The number of benzene rings is 1. The molecule has 0 spiro atoms. The number of fused-ring (bicyclic) bond motifs is 1. The maximum atomic E-state index is 2.63. The third-order valence-corrected chi connectivity index (χ3v) is 5.03. The Morgan fingerprint density at radius 3 is 3.11 bits per heavy atom. The summed E-state index contributed by atoms with van der Waals surface area (Å²) in [6, 6.07) is 8.78. The molecule has 96 valence electrons. The average Bonchev–Trinajstić information content (AvgIpc) is 2.99. The number of nitrogens with zero attached hydrogens (tertiary/aromatic N) is 1. The van der Waals surface area contributed by atoms with Crippen molar-refractivity contribution in [2.45, 2.75) is 32.7 Å². The number of rotatable bonds is 4. The fourth-order valence-electron chi connectivity index (χ4n) is 3.10. The first-order valence-corrected chi connectivity index (χ1v) is 7.92. The molecule has 1 aliphatic rings. The third-order valence-electron chi connectivity index (χ3n) is 4.02. The Hall–Kier alpha value is -0.860. The van der Waals surface area contributed by atoms with Crippen LogP contribution in [0.5, 0.6) is 0 Å². The van der Waals surface area contributed by atoms with Gasteiger partial charge in [0, 0.05) is 17.8 Å². The van der Waals surface area contributed by atoms with E-state index in [0.717, 1.165) is 12.5 Å². The summed E-state index contributed by atoms with van der Waals surface area (Å²) in [7, 11) is 0. The molecule has 0 N–H and O–H groups in total. The minimum atomic E-state index is 0.944. The summed E-state index contributed by atoms with van der Waals surface area (Å²) in [6.07, 6.45) is 4.14. The summed E-state index contributed by atoms with van der Waals surface area (Å²) >= 11 is 1.88. The molecule has 3 rings (SSSR count). The van der Waals surface area contributed by atoms with Gasteiger partial charge in [-0.3, -0.25) is 4.90 Å². The molecule has 2 heterocycles. The van der Waals surface area contributed by atoms with Gasteiger partial charge in [0.15, 0.2) is 0 Å². The monoisotopic (exact) mass is 259 g/mol. The van der Waals surface area contributed by atoms with E-state index in [-0.39, 0.29) is 0 Å². The second kappa shape index (κ2) is 5.41. The molecule has 2 heteroatoms. The Labute approximate surface area is 113 Å². The summed E-state index contributed by atoms with van der Waals surface area (Å²) in [6.45, 7) is 6.03. The molecule has 0 aliphatic carbocycles. The predicted octanol–water partition coefficient (Wildman–Crippen LogP) is 4.52. The van der Waals surface area contributed by atoms with Gasteiger partial charge in [0.2, 0.25) is 0 Å². The van der Waals surface area contributed by atoms with Crippen molar-refractivity contribution in [1.82, 2.24) is 4.90 Å². The highest BCUT2D eigenvalue weighted by Gasteiger charge is 2.22. The summed E-state index contributed by atoms with van der Waals surface area (Å²) < 4.78 is 1.43. The number of hydrogen-bond donors (Lipinski definition) is 0. The lowest BCUT2D eigenvalue weighted by molar-refractivity contribution is 0.314. The largest absolute Gasteiger partial charge is 0.299 e. The SMILES string of the molecule is CCC[C@@H]1CCN(Cc2csc3ccccc23)C1.